The first-order valence-electron chi connectivity index (χ1n) is 15.4. The second-order valence-corrected chi connectivity index (χ2v) is 12.8. The van der Waals surface area contributed by atoms with Crippen molar-refractivity contribution in [3.8, 4) is 5.75 Å². The van der Waals surface area contributed by atoms with E-state index in [0.717, 1.165) is 68.1 Å². The first kappa shape index (κ1) is 29.0. The van der Waals surface area contributed by atoms with Crippen LogP contribution in [0.3, 0.4) is 0 Å². The topological polar surface area (TPSA) is 73.4 Å². The Balaban J connectivity index is 1.04. The molecular formula is C33H41ClN4O4. The van der Waals surface area contributed by atoms with E-state index in [1.54, 1.807) is 6.92 Å². The van der Waals surface area contributed by atoms with Crippen molar-refractivity contribution in [3.63, 3.8) is 0 Å². The number of nitrogens with zero attached hydrogens (tertiary/aromatic N) is 4. The van der Waals surface area contributed by atoms with Crippen LogP contribution >= 0.6 is 11.6 Å². The summed E-state index contributed by atoms with van der Waals surface area (Å²) in [5.41, 5.74) is 3.67. The summed E-state index contributed by atoms with van der Waals surface area (Å²) in [6.07, 6.45) is 3.11. The highest BCUT2D eigenvalue weighted by molar-refractivity contribution is 6.31. The summed E-state index contributed by atoms with van der Waals surface area (Å²) in [5, 5.41) is 0.662. The van der Waals surface area contributed by atoms with Gasteiger partial charge < -0.3 is 24.3 Å². The minimum atomic E-state index is -0.0911. The molecule has 0 bridgehead atoms. The van der Waals surface area contributed by atoms with Crippen LogP contribution in [0.1, 0.15) is 47.7 Å². The zero-order chi connectivity index (χ0) is 29.4. The lowest BCUT2D eigenvalue weighted by Gasteiger charge is -2.34. The Morgan fingerprint density at radius 3 is 2.43 bits per heavy atom. The Morgan fingerprint density at radius 2 is 1.74 bits per heavy atom. The summed E-state index contributed by atoms with van der Waals surface area (Å²) in [5.74, 6) is 1.94. The van der Waals surface area contributed by atoms with Gasteiger partial charge >= 0.3 is 0 Å². The third-order valence-corrected chi connectivity index (χ3v) is 10.1. The van der Waals surface area contributed by atoms with Crippen molar-refractivity contribution in [2.24, 2.45) is 17.8 Å². The van der Waals surface area contributed by atoms with E-state index in [2.05, 4.69) is 11.0 Å². The molecule has 42 heavy (non-hydrogen) atoms. The number of para-hydroxylation sites is 1. The first-order valence-corrected chi connectivity index (χ1v) is 15.8. The third kappa shape index (κ3) is 5.88. The van der Waals surface area contributed by atoms with E-state index in [1.165, 1.54) is 0 Å². The van der Waals surface area contributed by atoms with Crippen molar-refractivity contribution in [2.75, 3.05) is 63.9 Å². The summed E-state index contributed by atoms with van der Waals surface area (Å²) >= 11 is 6.47. The Morgan fingerprint density at radius 1 is 1.00 bits per heavy atom. The molecule has 0 saturated carbocycles. The van der Waals surface area contributed by atoms with Crippen LogP contribution in [-0.2, 0) is 16.0 Å². The number of likely N-dealkylation sites (tertiary alicyclic amines) is 3. The molecular weight excluding hydrogens is 552 g/mol. The molecule has 0 spiro atoms. The predicted octanol–water partition coefficient (Wildman–Crippen LogP) is 4.27. The molecule has 0 aliphatic carbocycles. The SMILES string of the molecule is CC(=O)N1CCC(C(=O)N(CCCN2CC3CN(C(=O)c4cccc5c4OCC5)CC3C2)c2ccc(C)c(Cl)c2)CC1. The van der Waals surface area contributed by atoms with E-state index >= 15 is 0 Å². The second kappa shape index (κ2) is 12.3. The number of rotatable bonds is 7. The fraction of sp³-hybridized carbons (Fsp3) is 0.545. The van der Waals surface area contributed by atoms with Gasteiger partial charge in [0.2, 0.25) is 11.8 Å². The van der Waals surface area contributed by atoms with Gasteiger partial charge in [0.05, 0.1) is 12.2 Å². The number of fused-ring (bicyclic) bond motifs is 2. The molecule has 2 unspecified atom stereocenters. The van der Waals surface area contributed by atoms with E-state index in [0.29, 0.717) is 61.5 Å². The molecule has 2 atom stereocenters. The van der Waals surface area contributed by atoms with Gasteiger partial charge in [-0.15, -0.1) is 0 Å². The van der Waals surface area contributed by atoms with E-state index in [9.17, 15) is 14.4 Å². The molecule has 0 radical (unpaired) electrons. The summed E-state index contributed by atoms with van der Waals surface area (Å²) < 4.78 is 5.79. The van der Waals surface area contributed by atoms with Crippen LogP contribution in [0.15, 0.2) is 36.4 Å². The van der Waals surface area contributed by atoms with Crippen molar-refractivity contribution >= 4 is 35.0 Å². The molecule has 2 aromatic rings. The number of halogens is 1. The minimum absolute atomic E-state index is 0.0727. The Kier molecular flexibility index (Phi) is 8.46. The smallest absolute Gasteiger partial charge is 0.257 e. The molecule has 224 valence electrons. The summed E-state index contributed by atoms with van der Waals surface area (Å²) in [6, 6.07) is 11.8. The van der Waals surface area contributed by atoms with Gasteiger partial charge in [0, 0.05) is 75.8 Å². The average Bonchev–Trinajstić information content (AvgIpc) is 3.71. The van der Waals surface area contributed by atoms with Crippen LogP contribution in [0.25, 0.3) is 0 Å². The third-order valence-electron chi connectivity index (χ3n) is 9.67. The Labute approximate surface area is 253 Å². The van der Waals surface area contributed by atoms with Crippen molar-refractivity contribution in [1.82, 2.24) is 14.7 Å². The number of piperidine rings is 1. The molecule has 3 amide bonds. The fourth-order valence-corrected chi connectivity index (χ4v) is 7.40. The number of aryl methyl sites for hydroxylation is 1. The van der Waals surface area contributed by atoms with Gasteiger partial charge in [0.15, 0.2) is 0 Å². The molecule has 3 saturated heterocycles. The molecule has 3 fully saturated rings. The molecule has 4 aliphatic rings. The molecule has 0 N–H and O–H groups in total. The van der Waals surface area contributed by atoms with Gasteiger partial charge in [-0.25, -0.2) is 0 Å². The van der Waals surface area contributed by atoms with Gasteiger partial charge in [0.25, 0.3) is 5.91 Å². The zero-order valence-electron chi connectivity index (χ0n) is 24.7. The molecule has 4 heterocycles. The van der Waals surface area contributed by atoms with Gasteiger partial charge in [-0.05, 0) is 73.9 Å². The Bertz CT molecular complexity index is 1340. The highest BCUT2D eigenvalue weighted by Gasteiger charge is 2.42. The van der Waals surface area contributed by atoms with Crippen molar-refractivity contribution < 1.29 is 19.1 Å². The average molecular weight is 593 g/mol. The highest BCUT2D eigenvalue weighted by Crippen LogP contribution is 2.35. The molecule has 6 rings (SSSR count). The molecule has 4 aliphatic heterocycles. The number of anilines is 1. The molecule has 2 aromatic carbocycles. The van der Waals surface area contributed by atoms with Gasteiger partial charge in [0.1, 0.15) is 5.75 Å². The maximum Gasteiger partial charge on any atom is 0.257 e. The normalized spacial score (nSPS) is 22.2. The minimum Gasteiger partial charge on any atom is -0.492 e. The van der Waals surface area contributed by atoms with Crippen LogP contribution in [0.2, 0.25) is 5.02 Å². The van der Waals surface area contributed by atoms with E-state index in [4.69, 9.17) is 16.3 Å². The summed E-state index contributed by atoms with van der Waals surface area (Å²) in [6.45, 7) is 10.5. The van der Waals surface area contributed by atoms with Crippen LogP contribution in [0.5, 0.6) is 5.75 Å². The van der Waals surface area contributed by atoms with E-state index < -0.39 is 0 Å². The van der Waals surface area contributed by atoms with E-state index in [-0.39, 0.29) is 23.6 Å². The fourth-order valence-electron chi connectivity index (χ4n) is 7.22. The number of ether oxygens (including phenoxy) is 1. The van der Waals surface area contributed by atoms with Crippen LogP contribution < -0.4 is 9.64 Å². The molecule has 8 nitrogen and oxygen atoms in total. The van der Waals surface area contributed by atoms with Gasteiger partial charge in [-0.2, -0.15) is 0 Å². The largest absolute Gasteiger partial charge is 0.492 e. The lowest BCUT2D eigenvalue weighted by atomic mass is 9.94. The highest BCUT2D eigenvalue weighted by atomic mass is 35.5. The number of benzene rings is 2. The van der Waals surface area contributed by atoms with E-state index in [1.807, 2.05) is 52.0 Å². The van der Waals surface area contributed by atoms with Gasteiger partial charge in [-0.3, -0.25) is 14.4 Å². The zero-order valence-corrected chi connectivity index (χ0v) is 25.4. The lowest BCUT2D eigenvalue weighted by Crippen LogP contribution is -2.44. The lowest BCUT2D eigenvalue weighted by molar-refractivity contribution is -0.133. The molecule has 0 aromatic heterocycles. The summed E-state index contributed by atoms with van der Waals surface area (Å²) in [4.78, 5) is 47.2. The number of carbonyl (C=O) groups is 3. The Hall–Kier alpha value is -3.10. The van der Waals surface area contributed by atoms with Crippen LogP contribution in [-0.4, -0.2) is 91.4 Å². The number of hydrogen-bond acceptors (Lipinski definition) is 5. The summed E-state index contributed by atoms with van der Waals surface area (Å²) in [7, 11) is 0. The maximum absolute atomic E-state index is 13.8. The van der Waals surface area contributed by atoms with Crippen molar-refractivity contribution in [2.45, 2.75) is 39.5 Å². The second-order valence-electron chi connectivity index (χ2n) is 12.4. The standard InChI is InChI=1S/C33H41ClN4O4/c1-22-7-8-28(17-30(22)34)38(32(40)25-9-14-36(15-10-25)23(2)39)13-4-12-35-18-26-20-37(21-27(26)19-35)33(41)29-6-3-5-24-11-16-42-31(24)29/h3,5-8,17,25-27H,4,9-16,18-21H2,1-2H3. The number of hydrogen-bond donors (Lipinski definition) is 0. The quantitative estimate of drug-likeness (QED) is 0.480. The van der Waals surface area contributed by atoms with Gasteiger partial charge in [-0.1, -0.05) is 29.8 Å². The maximum atomic E-state index is 13.8. The van der Waals surface area contributed by atoms with Crippen molar-refractivity contribution in [3.05, 3.63) is 58.1 Å². The molecule has 9 heteroatoms. The van der Waals surface area contributed by atoms with Crippen LogP contribution in [0, 0.1) is 24.7 Å². The van der Waals surface area contributed by atoms with Crippen LogP contribution in [0.4, 0.5) is 5.69 Å². The number of amides is 3. The van der Waals surface area contributed by atoms with Crippen molar-refractivity contribution in [1.29, 1.82) is 0 Å². The number of carbonyl (C=O) groups excluding carboxylic acids is 3. The monoisotopic (exact) mass is 592 g/mol. The first-order chi connectivity index (χ1) is 20.3. The predicted molar refractivity (Wildman–Crippen MR) is 163 cm³/mol.